The highest BCUT2D eigenvalue weighted by molar-refractivity contribution is 7.89. The van der Waals surface area contributed by atoms with Crippen molar-refractivity contribution >= 4 is 22.8 Å². The van der Waals surface area contributed by atoms with Crippen molar-refractivity contribution in [3.8, 4) is 0 Å². The van der Waals surface area contributed by atoms with Gasteiger partial charge in [-0.3, -0.25) is 9.00 Å². The fourth-order valence-electron chi connectivity index (χ4n) is 1.94. The molecule has 26 heavy (non-hydrogen) atoms. The molecule has 3 nitrogen and oxygen atoms in total. The van der Waals surface area contributed by atoms with Gasteiger partial charge in [0.25, 0.3) is 5.91 Å². The molecule has 2 aromatic carbocycles. The monoisotopic (exact) mass is 393 g/mol. The maximum atomic E-state index is 13.7. The van der Waals surface area contributed by atoms with Crippen molar-refractivity contribution in [2.24, 2.45) is 5.73 Å². The van der Waals surface area contributed by atoms with Crippen LogP contribution in [0, 0.1) is 34.9 Å². The third kappa shape index (κ3) is 3.96. The van der Waals surface area contributed by atoms with Crippen molar-refractivity contribution in [3.05, 3.63) is 75.2 Å². The van der Waals surface area contributed by atoms with E-state index < -0.39 is 67.8 Å². The molecule has 0 saturated heterocycles. The number of carbonyl (C=O) groups is 1. The first-order valence-electron chi connectivity index (χ1n) is 6.79. The lowest BCUT2D eigenvalue weighted by Gasteiger charge is -2.08. The Hall–Kier alpha value is -2.62. The summed E-state index contributed by atoms with van der Waals surface area (Å²) in [6, 6.07) is 4.57. The molecule has 0 radical (unpaired) electrons. The minimum absolute atomic E-state index is 0.248. The average Bonchev–Trinajstić information content (AvgIpc) is 2.60. The molecule has 0 saturated carbocycles. The lowest BCUT2D eigenvalue weighted by Crippen LogP contribution is -2.19. The fourth-order valence-corrected chi connectivity index (χ4v) is 3.06. The van der Waals surface area contributed by atoms with Crippen LogP contribution in [0.25, 0.3) is 6.08 Å². The van der Waals surface area contributed by atoms with Gasteiger partial charge in [0.1, 0.15) is 10.7 Å². The molecule has 2 rings (SSSR count). The van der Waals surface area contributed by atoms with E-state index in [1.807, 2.05) is 0 Å². The highest BCUT2D eigenvalue weighted by Gasteiger charge is 2.26. The third-order valence-corrected chi connectivity index (χ3v) is 4.62. The van der Waals surface area contributed by atoms with E-state index in [9.17, 15) is 35.3 Å². The summed E-state index contributed by atoms with van der Waals surface area (Å²) < 4.78 is 92.0. The second-order valence-electron chi connectivity index (χ2n) is 4.97. The Morgan fingerprint density at radius 3 is 1.81 bits per heavy atom. The van der Waals surface area contributed by atoms with Gasteiger partial charge in [-0.25, -0.2) is 26.3 Å². The SMILES string of the molecule is NC(=O)/C(=C\c1c(F)c(F)c(F)c(F)c1F)S(=O)Cc1ccc(F)cc1. The molecule has 1 unspecified atom stereocenters. The molecule has 2 N–H and O–H groups in total. The van der Waals surface area contributed by atoms with Crippen LogP contribution in [0.2, 0.25) is 0 Å². The van der Waals surface area contributed by atoms with Gasteiger partial charge in [-0.15, -0.1) is 0 Å². The molecule has 0 heterocycles. The first-order chi connectivity index (χ1) is 12.1. The number of rotatable bonds is 5. The maximum Gasteiger partial charge on any atom is 0.257 e. The minimum Gasteiger partial charge on any atom is -0.365 e. The van der Waals surface area contributed by atoms with Gasteiger partial charge in [0.05, 0.1) is 22.1 Å². The summed E-state index contributed by atoms with van der Waals surface area (Å²) in [5.74, 6) is -13.6. The van der Waals surface area contributed by atoms with E-state index in [4.69, 9.17) is 5.73 Å². The molecule has 138 valence electrons. The molecule has 2 aromatic rings. The van der Waals surface area contributed by atoms with E-state index in [1.165, 1.54) is 12.1 Å². The lowest BCUT2D eigenvalue weighted by molar-refractivity contribution is -0.113. The standard InChI is InChI=1S/C16H9F6NO2S/c17-8-3-1-7(2-4-8)6-26(25)10(16(23)24)5-9-11(18)13(20)15(22)14(21)12(9)19/h1-5H,6H2,(H2,23,24)/b10-5+. The van der Waals surface area contributed by atoms with E-state index >= 15 is 0 Å². The summed E-state index contributed by atoms with van der Waals surface area (Å²) in [7, 11) is -2.29. The van der Waals surface area contributed by atoms with E-state index in [0.717, 1.165) is 12.1 Å². The van der Waals surface area contributed by atoms with Crippen LogP contribution in [0.15, 0.2) is 29.2 Å². The highest BCUT2D eigenvalue weighted by Crippen LogP contribution is 2.26. The van der Waals surface area contributed by atoms with Crippen LogP contribution in [-0.2, 0) is 21.3 Å². The van der Waals surface area contributed by atoms with Crippen molar-refractivity contribution < 1.29 is 35.3 Å². The molecule has 10 heteroatoms. The van der Waals surface area contributed by atoms with Crippen LogP contribution in [0.4, 0.5) is 26.3 Å². The molecule has 1 amide bonds. The van der Waals surface area contributed by atoms with Crippen LogP contribution >= 0.6 is 0 Å². The number of nitrogens with two attached hydrogens (primary N) is 1. The molecule has 0 aromatic heterocycles. The quantitative estimate of drug-likeness (QED) is 0.367. The number of amides is 1. The van der Waals surface area contributed by atoms with Crippen molar-refractivity contribution in [1.29, 1.82) is 0 Å². The predicted octanol–water partition coefficient (Wildman–Crippen LogP) is 3.30. The number of benzene rings is 2. The molecule has 0 aliphatic carbocycles. The third-order valence-electron chi connectivity index (χ3n) is 3.22. The van der Waals surface area contributed by atoms with Gasteiger partial charge in [-0.1, -0.05) is 12.1 Å². The highest BCUT2D eigenvalue weighted by atomic mass is 32.2. The Morgan fingerprint density at radius 1 is 0.885 bits per heavy atom. The van der Waals surface area contributed by atoms with Crippen molar-refractivity contribution in [3.63, 3.8) is 0 Å². The van der Waals surface area contributed by atoms with Crippen molar-refractivity contribution in [2.45, 2.75) is 5.75 Å². The molecular weight excluding hydrogens is 384 g/mol. The molecular formula is C16H9F6NO2S. The summed E-state index contributed by atoms with van der Waals surface area (Å²) in [4.78, 5) is 10.6. The van der Waals surface area contributed by atoms with Crippen LogP contribution in [0.1, 0.15) is 11.1 Å². The summed E-state index contributed by atoms with van der Waals surface area (Å²) in [5.41, 5.74) is 3.85. The van der Waals surface area contributed by atoms with E-state index in [0.29, 0.717) is 0 Å². The molecule has 0 fully saturated rings. The van der Waals surface area contributed by atoms with Crippen molar-refractivity contribution in [1.82, 2.24) is 0 Å². The molecule has 0 aliphatic rings. The van der Waals surface area contributed by atoms with E-state index in [1.54, 1.807) is 0 Å². The number of carbonyl (C=O) groups excluding carboxylic acids is 1. The molecule has 0 spiro atoms. The van der Waals surface area contributed by atoms with E-state index in [2.05, 4.69) is 0 Å². The van der Waals surface area contributed by atoms with Crippen LogP contribution in [0.3, 0.4) is 0 Å². The van der Waals surface area contributed by atoms with Gasteiger partial charge in [0.15, 0.2) is 23.3 Å². The first-order valence-corrected chi connectivity index (χ1v) is 8.11. The van der Waals surface area contributed by atoms with E-state index in [-0.39, 0.29) is 11.6 Å². The summed E-state index contributed by atoms with van der Waals surface area (Å²) in [6.07, 6.45) is 0.248. The zero-order valence-electron chi connectivity index (χ0n) is 12.7. The van der Waals surface area contributed by atoms with Crippen LogP contribution in [0.5, 0.6) is 0 Å². The van der Waals surface area contributed by atoms with Gasteiger partial charge in [0.2, 0.25) is 5.82 Å². The van der Waals surface area contributed by atoms with Gasteiger partial charge in [0, 0.05) is 0 Å². The maximum absolute atomic E-state index is 13.7. The van der Waals surface area contributed by atoms with Gasteiger partial charge < -0.3 is 5.73 Å². The number of primary amides is 1. The largest absolute Gasteiger partial charge is 0.365 e. The summed E-state index contributed by atoms with van der Waals surface area (Å²) in [5, 5.41) is 0. The summed E-state index contributed by atoms with van der Waals surface area (Å²) >= 11 is 0. The zero-order chi connectivity index (χ0) is 19.6. The Kier molecular flexibility index (Phi) is 5.86. The normalized spacial score (nSPS) is 12.9. The number of hydrogen-bond acceptors (Lipinski definition) is 2. The summed E-state index contributed by atoms with van der Waals surface area (Å²) in [6.45, 7) is 0. The fraction of sp³-hybridized carbons (Fsp3) is 0.0625. The van der Waals surface area contributed by atoms with Crippen molar-refractivity contribution in [2.75, 3.05) is 0 Å². The zero-order valence-corrected chi connectivity index (χ0v) is 13.5. The average molecular weight is 393 g/mol. The van der Waals surface area contributed by atoms with Gasteiger partial charge in [-0.05, 0) is 23.8 Å². The Bertz CT molecular complexity index is 898. The Balaban J connectivity index is 2.49. The Labute approximate surface area is 145 Å². The Morgan fingerprint density at radius 2 is 1.35 bits per heavy atom. The first kappa shape index (κ1) is 19.7. The smallest absolute Gasteiger partial charge is 0.257 e. The van der Waals surface area contributed by atoms with Gasteiger partial charge in [-0.2, -0.15) is 0 Å². The molecule has 1 atom stereocenters. The second-order valence-corrected chi connectivity index (χ2v) is 6.39. The lowest BCUT2D eigenvalue weighted by atomic mass is 10.1. The molecule has 0 aliphatic heterocycles. The van der Waals surface area contributed by atoms with Crippen LogP contribution < -0.4 is 5.73 Å². The van der Waals surface area contributed by atoms with Gasteiger partial charge >= 0.3 is 0 Å². The molecule has 0 bridgehead atoms. The minimum atomic E-state index is -2.37. The second kappa shape index (κ2) is 7.73. The van der Waals surface area contributed by atoms with Crippen LogP contribution in [-0.4, -0.2) is 10.1 Å². The number of hydrogen-bond donors (Lipinski definition) is 1. The number of halogens is 6. The topological polar surface area (TPSA) is 60.2 Å². The predicted molar refractivity (Wildman–Crippen MR) is 81.6 cm³/mol.